The number of nitrogens with zero attached hydrogens (tertiary/aromatic N) is 2. The van der Waals surface area contributed by atoms with Gasteiger partial charge in [0.2, 0.25) is 0 Å². The molecule has 0 spiro atoms. The lowest BCUT2D eigenvalue weighted by atomic mass is 10.3. The maximum atomic E-state index is 8.77. The molecule has 0 saturated heterocycles. The van der Waals surface area contributed by atoms with E-state index in [1.165, 1.54) is 0 Å². The highest BCUT2D eigenvalue weighted by atomic mass is 16.3. The zero-order valence-corrected chi connectivity index (χ0v) is 6.33. The lowest BCUT2D eigenvalue weighted by Crippen LogP contribution is -1.93. The Morgan fingerprint density at radius 2 is 2.40 bits per heavy atom. The molecule has 1 rings (SSSR count). The quantitative estimate of drug-likeness (QED) is 0.656. The first-order chi connectivity index (χ1) is 4.77. The lowest BCUT2D eigenvalue weighted by molar-refractivity contribution is 0.281. The summed E-state index contributed by atoms with van der Waals surface area (Å²) in [5, 5.41) is 12.9. The van der Waals surface area contributed by atoms with E-state index in [0.717, 1.165) is 17.8 Å². The van der Waals surface area contributed by atoms with Gasteiger partial charge in [-0.25, -0.2) is 0 Å². The molecule has 1 heterocycles. The number of hydrogen-bond acceptors (Lipinski definition) is 2. The van der Waals surface area contributed by atoms with Gasteiger partial charge in [-0.2, -0.15) is 5.10 Å². The van der Waals surface area contributed by atoms with Crippen molar-refractivity contribution < 1.29 is 5.11 Å². The molecule has 3 heteroatoms. The van der Waals surface area contributed by atoms with Crippen LogP contribution in [-0.4, -0.2) is 14.9 Å². The molecule has 10 heavy (non-hydrogen) atoms. The van der Waals surface area contributed by atoms with E-state index in [1.807, 2.05) is 24.7 Å². The van der Waals surface area contributed by atoms with E-state index in [4.69, 9.17) is 5.11 Å². The molecule has 0 fully saturated rings. The summed E-state index contributed by atoms with van der Waals surface area (Å²) in [6.45, 7) is 4.87. The predicted molar refractivity (Wildman–Crippen MR) is 38.6 cm³/mol. The van der Waals surface area contributed by atoms with Gasteiger partial charge in [-0.3, -0.25) is 4.68 Å². The molecule has 1 N–H and O–H groups in total. The standard InChI is InChI=1S/C7H12N2O/c1-3-9-4-7(5-10)6(2)8-9/h4,10H,3,5H2,1-2H3. The zero-order valence-electron chi connectivity index (χ0n) is 6.33. The minimum absolute atomic E-state index is 0.0891. The van der Waals surface area contributed by atoms with Crippen molar-refractivity contribution in [2.24, 2.45) is 0 Å². The minimum Gasteiger partial charge on any atom is -0.392 e. The third-order valence-corrected chi connectivity index (χ3v) is 1.54. The zero-order chi connectivity index (χ0) is 7.56. The van der Waals surface area contributed by atoms with Gasteiger partial charge in [-0.1, -0.05) is 0 Å². The molecule has 0 aliphatic heterocycles. The third kappa shape index (κ3) is 1.19. The molecule has 56 valence electrons. The molecule has 0 unspecified atom stereocenters. The fraction of sp³-hybridized carbons (Fsp3) is 0.571. The summed E-state index contributed by atoms with van der Waals surface area (Å²) in [5.74, 6) is 0. The Balaban J connectivity index is 2.92. The number of aromatic nitrogens is 2. The Kier molecular flexibility index (Phi) is 2.06. The number of rotatable bonds is 2. The summed E-state index contributed by atoms with van der Waals surface area (Å²) in [4.78, 5) is 0. The van der Waals surface area contributed by atoms with Crippen LogP contribution in [0.2, 0.25) is 0 Å². The van der Waals surface area contributed by atoms with Crippen LogP contribution in [0.15, 0.2) is 6.20 Å². The summed E-state index contributed by atoms with van der Waals surface area (Å²) in [7, 11) is 0. The monoisotopic (exact) mass is 140 g/mol. The SMILES string of the molecule is CCn1cc(CO)c(C)n1. The highest BCUT2D eigenvalue weighted by molar-refractivity contribution is 5.13. The van der Waals surface area contributed by atoms with Crippen LogP contribution in [-0.2, 0) is 13.2 Å². The van der Waals surface area contributed by atoms with E-state index >= 15 is 0 Å². The molecular weight excluding hydrogens is 128 g/mol. The van der Waals surface area contributed by atoms with Crippen molar-refractivity contribution in [1.82, 2.24) is 9.78 Å². The smallest absolute Gasteiger partial charge is 0.0715 e. The van der Waals surface area contributed by atoms with E-state index in [-0.39, 0.29) is 6.61 Å². The summed E-state index contributed by atoms with van der Waals surface area (Å²) < 4.78 is 1.82. The van der Waals surface area contributed by atoms with E-state index in [0.29, 0.717) is 0 Å². The second-order valence-electron chi connectivity index (χ2n) is 2.25. The van der Waals surface area contributed by atoms with Crippen LogP contribution in [0.1, 0.15) is 18.2 Å². The Morgan fingerprint density at radius 3 is 2.70 bits per heavy atom. The highest BCUT2D eigenvalue weighted by Gasteiger charge is 2.00. The molecule has 0 atom stereocenters. The average Bonchev–Trinajstić information content (AvgIpc) is 2.30. The van der Waals surface area contributed by atoms with Gasteiger partial charge in [0.15, 0.2) is 0 Å². The Labute approximate surface area is 60.3 Å². The number of aliphatic hydroxyl groups is 1. The van der Waals surface area contributed by atoms with Crippen molar-refractivity contribution in [3.8, 4) is 0 Å². The molecule has 0 aromatic carbocycles. The molecule has 0 aliphatic carbocycles. The average molecular weight is 140 g/mol. The molecule has 3 nitrogen and oxygen atoms in total. The maximum absolute atomic E-state index is 8.77. The van der Waals surface area contributed by atoms with Crippen LogP contribution in [0.25, 0.3) is 0 Å². The molecular formula is C7H12N2O. The van der Waals surface area contributed by atoms with Crippen LogP contribution in [0.5, 0.6) is 0 Å². The van der Waals surface area contributed by atoms with Gasteiger partial charge in [-0.15, -0.1) is 0 Å². The molecule has 0 amide bonds. The van der Waals surface area contributed by atoms with Gasteiger partial charge in [0, 0.05) is 18.3 Å². The molecule has 0 bridgehead atoms. The second kappa shape index (κ2) is 2.84. The fourth-order valence-electron chi connectivity index (χ4n) is 0.876. The van der Waals surface area contributed by atoms with Crippen molar-refractivity contribution in [3.63, 3.8) is 0 Å². The summed E-state index contributed by atoms with van der Waals surface area (Å²) in [5.41, 5.74) is 1.84. The first-order valence-electron chi connectivity index (χ1n) is 3.41. The normalized spacial score (nSPS) is 10.3. The van der Waals surface area contributed by atoms with Gasteiger partial charge in [-0.05, 0) is 13.8 Å². The van der Waals surface area contributed by atoms with Crippen molar-refractivity contribution in [2.75, 3.05) is 0 Å². The van der Waals surface area contributed by atoms with Crippen molar-refractivity contribution in [3.05, 3.63) is 17.5 Å². The first-order valence-corrected chi connectivity index (χ1v) is 3.41. The lowest BCUT2D eigenvalue weighted by Gasteiger charge is -1.89. The van der Waals surface area contributed by atoms with Crippen LogP contribution in [0, 0.1) is 6.92 Å². The Bertz CT molecular complexity index is 217. The van der Waals surface area contributed by atoms with Gasteiger partial charge in [0.05, 0.1) is 12.3 Å². The first kappa shape index (κ1) is 7.28. The Hall–Kier alpha value is -0.830. The Morgan fingerprint density at radius 1 is 1.70 bits per heavy atom. The summed E-state index contributed by atoms with van der Waals surface area (Å²) in [6, 6.07) is 0. The highest BCUT2D eigenvalue weighted by Crippen LogP contribution is 2.03. The maximum Gasteiger partial charge on any atom is 0.0715 e. The van der Waals surface area contributed by atoms with Gasteiger partial charge < -0.3 is 5.11 Å². The van der Waals surface area contributed by atoms with E-state index < -0.39 is 0 Å². The van der Waals surface area contributed by atoms with Crippen molar-refractivity contribution >= 4 is 0 Å². The number of aliphatic hydroxyl groups excluding tert-OH is 1. The van der Waals surface area contributed by atoms with Crippen LogP contribution in [0.4, 0.5) is 0 Å². The molecule has 0 saturated carbocycles. The van der Waals surface area contributed by atoms with E-state index in [2.05, 4.69) is 5.10 Å². The fourth-order valence-corrected chi connectivity index (χ4v) is 0.876. The van der Waals surface area contributed by atoms with Crippen LogP contribution >= 0.6 is 0 Å². The van der Waals surface area contributed by atoms with E-state index in [1.54, 1.807) is 0 Å². The number of aryl methyl sites for hydroxylation is 2. The largest absolute Gasteiger partial charge is 0.392 e. The van der Waals surface area contributed by atoms with E-state index in [9.17, 15) is 0 Å². The molecule has 0 radical (unpaired) electrons. The summed E-state index contributed by atoms with van der Waals surface area (Å²) in [6.07, 6.45) is 1.87. The van der Waals surface area contributed by atoms with Gasteiger partial charge in [0.25, 0.3) is 0 Å². The second-order valence-corrected chi connectivity index (χ2v) is 2.25. The molecule has 1 aromatic rings. The van der Waals surface area contributed by atoms with Gasteiger partial charge in [0.1, 0.15) is 0 Å². The minimum atomic E-state index is 0.0891. The predicted octanol–water partition coefficient (Wildman–Crippen LogP) is 0.704. The van der Waals surface area contributed by atoms with Crippen LogP contribution in [0.3, 0.4) is 0 Å². The van der Waals surface area contributed by atoms with Crippen molar-refractivity contribution in [2.45, 2.75) is 27.0 Å². The van der Waals surface area contributed by atoms with Crippen molar-refractivity contribution in [1.29, 1.82) is 0 Å². The molecule has 1 aromatic heterocycles. The topological polar surface area (TPSA) is 38.0 Å². The number of hydrogen-bond donors (Lipinski definition) is 1. The van der Waals surface area contributed by atoms with Crippen LogP contribution < -0.4 is 0 Å². The third-order valence-electron chi connectivity index (χ3n) is 1.54. The summed E-state index contributed by atoms with van der Waals surface area (Å²) >= 11 is 0. The van der Waals surface area contributed by atoms with Gasteiger partial charge >= 0.3 is 0 Å². The molecule has 0 aliphatic rings.